The Labute approximate surface area is 107 Å². The van der Waals surface area contributed by atoms with Gasteiger partial charge in [0.05, 0.1) is 6.04 Å². The maximum Gasteiger partial charge on any atom is 0.226 e. The lowest BCUT2D eigenvalue weighted by Gasteiger charge is -2.29. The lowest BCUT2D eigenvalue weighted by molar-refractivity contribution is -0.136. The van der Waals surface area contributed by atoms with Crippen LogP contribution in [0.25, 0.3) is 0 Å². The summed E-state index contributed by atoms with van der Waals surface area (Å²) >= 11 is 1.72. The quantitative estimate of drug-likeness (QED) is 0.749. The zero-order valence-electron chi connectivity index (χ0n) is 10.4. The molecule has 0 N–H and O–H groups in total. The molecule has 2 unspecified atom stereocenters. The maximum atomic E-state index is 12.3. The minimum Gasteiger partial charge on any atom is -0.338 e. The van der Waals surface area contributed by atoms with Gasteiger partial charge >= 0.3 is 0 Å². The molecule has 3 heteroatoms. The minimum atomic E-state index is 0.187. The van der Waals surface area contributed by atoms with Crippen LogP contribution in [0.15, 0.2) is 29.7 Å². The van der Waals surface area contributed by atoms with E-state index in [1.165, 1.54) is 4.88 Å². The predicted molar refractivity (Wildman–Crippen MR) is 72.0 cm³/mol. The molecule has 0 aromatic carbocycles. The Morgan fingerprint density at radius 3 is 2.94 bits per heavy atom. The average molecular weight is 249 g/mol. The van der Waals surface area contributed by atoms with E-state index in [1.54, 1.807) is 11.3 Å². The fourth-order valence-corrected chi connectivity index (χ4v) is 3.04. The first-order chi connectivity index (χ1) is 8.20. The number of allylic oxidation sites excluding steroid dienone is 2. The summed E-state index contributed by atoms with van der Waals surface area (Å²) in [6.07, 6.45) is 7.25. The summed E-state index contributed by atoms with van der Waals surface area (Å²) in [7, 11) is 1.92. The lowest BCUT2D eigenvalue weighted by atomic mass is 9.93. The van der Waals surface area contributed by atoms with E-state index in [4.69, 9.17) is 0 Å². The molecule has 2 nitrogen and oxygen atoms in total. The number of carbonyl (C=O) groups excluding carboxylic acids is 1. The maximum absolute atomic E-state index is 12.3. The average Bonchev–Trinajstić information content (AvgIpc) is 2.91. The van der Waals surface area contributed by atoms with Crippen molar-refractivity contribution in [2.45, 2.75) is 32.2 Å². The van der Waals surface area contributed by atoms with Gasteiger partial charge in [-0.25, -0.2) is 0 Å². The molecule has 1 aliphatic carbocycles. The monoisotopic (exact) mass is 249 g/mol. The number of amides is 1. The van der Waals surface area contributed by atoms with Crippen LogP contribution < -0.4 is 0 Å². The molecule has 0 radical (unpaired) electrons. The van der Waals surface area contributed by atoms with Gasteiger partial charge in [-0.3, -0.25) is 4.79 Å². The Morgan fingerprint density at radius 1 is 1.53 bits per heavy atom. The Balaban J connectivity index is 2.01. The molecule has 2 rings (SSSR count). The molecule has 0 spiro atoms. The smallest absolute Gasteiger partial charge is 0.226 e. The highest BCUT2D eigenvalue weighted by atomic mass is 32.1. The van der Waals surface area contributed by atoms with Crippen LogP contribution in [0.1, 0.15) is 37.1 Å². The van der Waals surface area contributed by atoms with Gasteiger partial charge in [-0.1, -0.05) is 18.2 Å². The third-order valence-electron chi connectivity index (χ3n) is 3.50. The van der Waals surface area contributed by atoms with E-state index < -0.39 is 0 Å². The predicted octanol–water partition coefficient (Wildman–Crippen LogP) is 3.62. The van der Waals surface area contributed by atoms with Crippen LogP contribution in [0.3, 0.4) is 0 Å². The molecule has 1 aromatic rings. The van der Waals surface area contributed by atoms with Crippen LogP contribution >= 0.6 is 11.3 Å². The topological polar surface area (TPSA) is 20.3 Å². The summed E-state index contributed by atoms with van der Waals surface area (Å²) in [5.41, 5.74) is 0. The SMILES string of the molecule is CC(c1cccs1)N(C)C(=O)C1CC=CCC1. The van der Waals surface area contributed by atoms with Crippen molar-refractivity contribution in [3.8, 4) is 0 Å². The second kappa shape index (κ2) is 5.50. The highest BCUT2D eigenvalue weighted by molar-refractivity contribution is 7.10. The Hall–Kier alpha value is -1.09. The summed E-state index contributed by atoms with van der Waals surface area (Å²) in [5.74, 6) is 0.475. The van der Waals surface area contributed by atoms with Crippen LogP contribution in [0.5, 0.6) is 0 Å². The Bertz CT molecular complexity index is 396. The van der Waals surface area contributed by atoms with E-state index in [9.17, 15) is 4.79 Å². The van der Waals surface area contributed by atoms with E-state index in [0.717, 1.165) is 19.3 Å². The van der Waals surface area contributed by atoms with Crippen molar-refractivity contribution >= 4 is 17.2 Å². The standard InChI is InChI=1S/C14H19NOS/c1-11(13-9-6-10-17-13)15(2)14(16)12-7-4-3-5-8-12/h3-4,6,9-12H,5,7-8H2,1-2H3. The van der Waals surface area contributed by atoms with Crippen molar-refractivity contribution in [1.82, 2.24) is 4.90 Å². The number of rotatable bonds is 3. The molecular formula is C14H19NOS. The highest BCUT2D eigenvalue weighted by Gasteiger charge is 2.25. The summed E-state index contributed by atoms with van der Waals surface area (Å²) in [6.45, 7) is 2.10. The minimum absolute atomic E-state index is 0.187. The second-order valence-corrected chi connectivity index (χ2v) is 5.60. The normalized spacial score (nSPS) is 21.2. The molecule has 0 fully saturated rings. The van der Waals surface area contributed by atoms with Crippen molar-refractivity contribution in [3.05, 3.63) is 34.5 Å². The third kappa shape index (κ3) is 2.78. The Morgan fingerprint density at radius 2 is 2.35 bits per heavy atom. The van der Waals surface area contributed by atoms with Crippen molar-refractivity contribution in [2.24, 2.45) is 5.92 Å². The number of hydrogen-bond donors (Lipinski definition) is 0. The summed E-state index contributed by atoms with van der Waals surface area (Å²) in [4.78, 5) is 15.5. The molecule has 2 atom stereocenters. The van der Waals surface area contributed by atoms with Gasteiger partial charge in [0.2, 0.25) is 5.91 Å². The number of nitrogens with zero attached hydrogens (tertiary/aromatic N) is 1. The summed E-state index contributed by atoms with van der Waals surface area (Å²) in [6, 6.07) is 4.33. The largest absolute Gasteiger partial charge is 0.338 e. The number of thiophene rings is 1. The number of carbonyl (C=O) groups is 1. The van der Waals surface area contributed by atoms with E-state index in [0.29, 0.717) is 0 Å². The second-order valence-electron chi connectivity index (χ2n) is 4.62. The van der Waals surface area contributed by atoms with Crippen LogP contribution in [0.2, 0.25) is 0 Å². The van der Waals surface area contributed by atoms with Gasteiger partial charge in [0.1, 0.15) is 0 Å². The molecule has 0 bridgehead atoms. The van der Waals surface area contributed by atoms with Gasteiger partial charge in [0.25, 0.3) is 0 Å². The third-order valence-corrected chi connectivity index (χ3v) is 4.54. The van der Waals surface area contributed by atoms with Crippen LogP contribution in [-0.2, 0) is 4.79 Å². The van der Waals surface area contributed by atoms with Gasteiger partial charge in [-0.2, -0.15) is 0 Å². The fraction of sp³-hybridized carbons (Fsp3) is 0.500. The molecule has 0 saturated carbocycles. The summed E-state index contributed by atoms with van der Waals surface area (Å²) in [5, 5.41) is 2.06. The van der Waals surface area contributed by atoms with Crippen LogP contribution in [0, 0.1) is 5.92 Å². The molecule has 1 amide bonds. The van der Waals surface area contributed by atoms with E-state index in [2.05, 4.69) is 30.5 Å². The first-order valence-corrected chi connectivity index (χ1v) is 7.03. The Kier molecular flexibility index (Phi) is 4.00. The van der Waals surface area contributed by atoms with Crippen molar-refractivity contribution in [1.29, 1.82) is 0 Å². The van der Waals surface area contributed by atoms with Gasteiger partial charge in [-0.15, -0.1) is 11.3 Å². The molecule has 1 aromatic heterocycles. The molecule has 0 aliphatic heterocycles. The van der Waals surface area contributed by atoms with Crippen LogP contribution in [0.4, 0.5) is 0 Å². The van der Waals surface area contributed by atoms with Crippen molar-refractivity contribution in [3.63, 3.8) is 0 Å². The van der Waals surface area contributed by atoms with Crippen LogP contribution in [-0.4, -0.2) is 17.9 Å². The van der Waals surface area contributed by atoms with E-state index in [-0.39, 0.29) is 17.9 Å². The van der Waals surface area contributed by atoms with E-state index in [1.807, 2.05) is 18.0 Å². The molecule has 17 heavy (non-hydrogen) atoms. The van der Waals surface area contributed by atoms with E-state index >= 15 is 0 Å². The lowest BCUT2D eigenvalue weighted by Crippen LogP contribution is -2.35. The molecular weight excluding hydrogens is 230 g/mol. The molecule has 0 saturated heterocycles. The molecule has 1 aliphatic rings. The van der Waals surface area contributed by atoms with Crippen molar-refractivity contribution in [2.75, 3.05) is 7.05 Å². The molecule has 92 valence electrons. The highest BCUT2D eigenvalue weighted by Crippen LogP contribution is 2.27. The van der Waals surface area contributed by atoms with Gasteiger partial charge in [-0.05, 0) is 37.6 Å². The first kappa shape index (κ1) is 12.4. The first-order valence-electron chi connectivity index (χ1n) is 6.15. The van der Waals surface area contributed by atoms with Gasteiger partial charge in [0.15, 0.2) is 0 Å². The number of hydrogen-bond acceptors (Lipinski definition) is 2. The summed E-state index contributed by atoms with van der Waals surface area (Å²) < 4.78 is 0. The zero-order chi connectivity index (χ0) is 12.3. The van der Waals surface area contributed by atoms with Gasteiger partial charge < -0.3 is 4.90 Å². The van der Waals surface area contributed by atoms with Gasteiger partial charge in [0, 0.05) is 17.8 Å². The van der Waals surface area contributed by atoms with Crippen molar-refractivity contribution < 1.29 is 4.79 Å². The zero-order valence-corrected chi connectivity index (χ0v) is 11.2. The fourth-order valence-electron chi connectivity index (χ4n) is 2.22. The molecule has 1 heterocycles.